The van der Waals surface area contributed by atoms with Crippen LogP contribution in [-0.4, -0.2) is 0 Å². The molecule has 0 aliphatic carbocycles. The van der Waals surface area contributed by atoms with Crippen LogP contribution >= 0.6 is 0 Å². The van der Waals surface area contributed by atoms with Crippen LogP contribution < -0.4 is 0 Å². The maximum atomic E-state index is 3.97. The smallest absolute Gasteiger partial charge is 0.0351 e. The maximum Gasteiger partial charge on any atom is -0.0351 e. The highest BCUT2D eigenvalue weighted by Gasteiger charge is 2.06. The molecule has 0 heterocycles. The largest absolute Gasteiger partial charge is 0.0885 e. The number of rotatable bonds is 20. The SMILES string of the molecule is [CH2]CC/C=C/CCCCCCC(C)CCCCC(C)CCCC(C)CC[CH2]. The Balaban J connectivity index is 3.39. The van der Waals surface area contributed by atoms with Crippen LogP contribution in [0.25, 0.3) is 0 Å². The number of hydrogen-bond donors (Lipinski definition) is 0. The van der Waals surface area contributed by atoms with E-state index in [0.29, 0.717) is 0 Å². The Morgan fingerprint density at radius 3 is 1.48 bits per heavy atom. The summed E-state index contributed by atoms with van der Waals surface area (Å²) in [5.41, 5.74) is 0. The van der Waals surface area contributed by atoms with Crippen molar-refractivity contribution in [3.8, 4) is 0 Å². The predicted molar refractivity (Wildman–Crippen MR) is 126 cm³/mol. The molecular weight excluding hydrogens is 324 g/mol. The lowest BCUT2D eigenvalue weighted by Gasteiger charge is -2.15. The van der Waals surface area contributed by atoms with Gasteiger partial charge in [0.15, 0.2) is 0 Å². The summed E-state index contributed by atoms with van der Waals surface area (Å²) in [4.78, 5) is 0. The van der Waals surface area contributed by atoms with Gasteiger partial charge in [-0.1, -0.05) is 130 Å². The lowest BCUT2D eigenvalue weighted by Crippen LogP contribution is -2.00. The van der Waals surface area contributed by atoms with E-state index < -0.39 is 0 Å². The minimum absolute atomic E-state index is 0.880. The summed E-state index contributed by atoms with van der Waals surface area (Å²) in [6.45, 7) is 15.2. The van der Waals surface area contributed by atoms with E-state index in [1.165, 1.54) is 89.9 Å². The van der Waals surface area contributed by atoms with Crippen molar-refractivity contribution in [2.75, 3.05) is 0 Å². The van der Waals surface area contributed by atoms with E-state index in [1.54, 1.807) is 0 Å². The van der Waals surface area contributed by atoms with E-state index in [0.717, 1.165) is 37.0 Å². The van der Waals surface area contributed by atoms with E-state index in [2.05, 4.69) is 46.8 Å². The third-order valence-electron chi connectivity index (χ3n) is 6.09. The Bertz CT molecular complexity index is 303. The molecule has 0 aliphatic heterocycles. The fourth-order valence-electron chi connectivity index (χ4n) is 4.04. The first-order chi connectivity index (χ1) is 13.1. The predicted octanol–water partition coefficient (Wildman–Crippen LogP) is 9.75. The van der Waals surface area contributed by atoms with Gasteiger partial charge in [-0.15, -0.1) is 0 Å². The molecule has 0 bridgehead atoms. The molecule has 0 aliphatic rings. The van der Waals surface area contributed by atoms with Gasteiger partial charge in [0, 0.05) is 0 Å². The van der Waals surface area contributed by atoms with Crippen molar-refractivity contribution in [3.05, 3.63) is 26.0 Å². The van der Waals surface area contributed by atoms with Gasteiger partial charge >= 0.3 is 0 Å². The van der Waals surface area contributed by atoms with Crippen molar-refractivity contribution in [2.24, 2.45) is 17.8 Å². The van der Waals surface area contributed by atoms with Crippen LogP contribution in [0.15, 0.2) is 12.2 Å². The highest BCUT2D eigenvalue weighted by molar-refractivity contribution is 4.81. The third-order valence-corrected chi connectivity index (χ3v) is 6.09. The summed E-state index contributed by atoms with van der Waals surface area (Å²) in [7, 11) is 0. The van der Waals surface area contributed by atoms with Crippen molar-refractivity contribution < 1.29 is 0 Å². The van der Waals surface area contributed by atoms with Crippen LogP contribution in [0.1, 0.15) is 130 Å². The van der Waals surface area contributed by atoms with Gasteiger partial charge < -0.3 is 0 Å². The molecule has 0 N–H and O–H groups in total. The van der Waals surface area contributed by atoms with Gasteiger partial charge in [0.1, 0.15) is 0 Å². The number of hydrogen-bond acceptors (Lipinski definition) is 0. The molecule has 0 amide bonds. The highest BCUT2D eigenvalue weighted by atomic mass is 14.1. The van der Waals surface area contributed by atoms with Crippen LogP contribution in [0.5, 0.6) is 0 Å². The highest BCUT2D eigenvalue weighted by Crippen LogP contribution is 2.22. The summed E-state index contributed by atoms with van der Waals surface area (Å²) in [6.07, 6.45) is 27.6. The van der Waals surface area contributed by atoms with E-state index in [1.807, 2.05) is 0 Å². The minimum Gasteiger partial charge on any atom is -0.0885 e. The summed E-state index contributed by atoms with van der Waals surface area (Å²) in [6, 6.07) is 0. The van der Waals surface area contributed by atoms with E-state index in [4.69, 9.17) is 0 Å². The standard InChI is InChI=1S/C27H52/c1-6-8-9-10-11-12-13-14-15-20-26(4)21-16-17-22-27(5)24-18-23-25(3)19-7-2/h9-10,25-27H,1-2,6-8,11-24H2,3-5H3/b10-9+. The Hall–Kier alpha value is -0.260. The lowest BCUT2D eigenvalue weighted by molar-refractivity contribution is 0.386. The van der Waals surface area contributed by atoms with E-state index >= 15 is 0 Å². The molecule has 0 aromatic heterocycles. The summed E-state index contributed by atoms with van der Waals surface area (Å²) in [5, 5.41) is 0. The van der Waals surface area contributed by atoms with Crippen molar-refractivity contribution in [1.82, 2.24) is 0 Å². The average molecular weight is 377 g/mol. The van der Waals surface area contributed by atoms with Gasteiger partial charge in [-0.25, -0.2) is 0 Å². The number of unbranched alkanes of at least 4 members (excludes halogenated alkanes) is 6. The first kappa shape index (κ1) is 26.7. The fraction of sp³-hybridized carbons (Fsp3) is 0.852. The molecule has 0 aromatic rings. The Labute approximate surface area is 174 Å². The van der Waals surface area contributed by atoms with Crippen LogP contribution in [0.4, 0.5) is 0 Å². The van der Waals surface area contributed by atoms with Crippen molar-refractivity contribution >= 4 is 0 Å². The third kappa shape index (κ3) is 20.3. The monoisotopic (exact) mass is 376 g/mol. The van der Waals surface area contributed by atoms with Crippen molar-refractivity contribution in [3.63, 3.8) is 0 Å². The summed E-state index contributed by atoms with van der Waals surface area (Å²) >= 11 is 0. The van der Waals surface area contributed by atoms with Gasteiger partial charge in [-0.05, 0) is 43.4 Å². The molecule has 0 spiro atoms. The van der Waals surface area contributed by atoms with Gasteiger partial charge in [0.05, 0.1) is 0 Å². The van der Waals surface area contributed by atoms with Gasteiger partial charge in [-0.3, -0.25) is 0 Å². The molecule has 3 unspecified atom stereocenters. The Morgan fingerprint density at radius 1 is 0.481 bits per heavy atom. The summed E-state index contributed by atoms with van der Waals surface area (Å²) < 4.78 is 0. The van der Waals surface area contributed by atoms with Gasteiger partial charge in [0.25, 0.3) is 0 Å². The number of allylic oxidation sites excluding steroid dienone is 2. The fourth-order valence-corrected chi connectivity index (χ4v) is 4.04. The Morgan fingerprint density at radius 2 is 0.926 bits per heavy atom. The van der Waals surface area contributed by atoms with Crippen molar-refractivity contribution in [1.29, 1.82) is 0 Å². The second kappa shape index (κ2) is 20.5. The zero-order valence-electron chi connectivity index (χ0n) is 19.3. The molecular formula is C27H52. The summed E-state index contributed by atoms with van der Waals surface area (Å²) in [5.74, 6) is 2.74. The molecule has 0 nitrogen and oxygen atoms in total. The molecule has 27 heavy (non-hydrogen) atoms. The molecule has 0 fully saturated rings. The molecule has 0 heteroatoms. The van der Waals surface area contributed by atoms with Crippen LogP contribution in [-0.2, 0) is 0 Å². The normalized spacial score (nSPS) is 15.3. The molecule has 2 radical (unpaired) electrons. The second-order valence-electron chi connectivity index (χ2n) is 9.28. The van der Waals surface area contributed by atoms with E-state index in [9.17, 15) is 0 Å². The topological polar surface area (TPSA) is 0 Å². The van der Waals surface area contributed by atoms with Gasteiger partial charge in [-0.2, -0.15) is 0 Å². The molecule has 0 aromatic carbocycles. The molecule has 3 atom stereocenters. The second-order valence-corrected chi connectivity index (χ2v) is 9.28. The average Bonchev–Trinajstić information content (AvgIpc) is 2.64. The Kier molecular flexibility index (Phi) is 20.3. The zero-order valence-corrected chi connectivity index (χ0v) is 19.3. The quantitative estimate of drug-likeness (QED) is 0.146. The van der Waals surface area contributed by atoms with E-state index in [-0.39, 0.29) is 0 Å². The van der Waals surface area contributed by atoms with Gasteiger partial charge in [0.2, 0.25) is 0 Å². The first-order valence-corrected chi connectivity index (χ1v) is 12.3. The molecule has 160 valence electrons. The lowest BCUT2D eigenvalue weighted by atomic mass is 9.91. The van der Waals surface area contributed by atoms with Crippen LogP contribution in [0.2, 0.25) is 0 Å². The zero-order chi connectivity index (χ0) is 20.2. The molecule has 0 rings (SSSR count). The minimum atomic E-state index is 0.880. The first-order valence-electron chi connectivity index (χ1n) is 12.3. The maximum absolute atomic E-state index is 3.97. The molecule has 0 saturated heterocycles. The van der Waals surface area contributed by atoms with Crippen LogP contribution in [0, 0.1) is 31.6 Å². The van der Waals surface area contributed by atoms with Crippen molar-refractivity contribution in [2.45, 2.75) is 130 Å². The molecule has 0 saturated carbocycles. The van der Waals surface area contributed by atoms with Crippen LogP contribution in [0.3, 0.4) is 0 Å².